The number of nitrogens with one attached hydrogen (secondary N) is 1. The van der Waals surface area contributed by atoms with E-state index >= 15 is 0 Å². The quantitative estimate of drug-likeness (QED) is 0.547. The Kier molecular flexibility index (Phi) is 6.67. The molecule has 0 heterocycles. The number of nitrogens with zero attached hydrogens (tertiary/aromatic N) is 1. The van der Waals surface area contributed by atoms with E-state index in [9.17, 15) is 28.1 Å². The molecule has 6 nitrogen and oxygen atoms in total. The van der Waals surface area contributed by atoms with Gasteiger partial charge in [-0.25, -0.2) is 0 Å². The van der Waals surface area contributed by atoms with Crippen LogP contribution in [0.3, 0.4) is 0 Å². The lowest BCUT2D eigenvalue weighted by Gasteiger charge is -2.10. The third-order valence-corrected chi connectivity index (χ3v) is 4.42. The predicted octanol–water partition coefficient (Wildman–Crippen LogP) is 4.49. The summed E-state index contributed by atoms with van der Waals surface area (Å²) in [6, 6.07) is 8.82. The molecule has 27 heavy (non-hydrogen) atoms. The van der Waals surface area contributed by atoms with Crippen LogP contribution in [0, 0.1) is 10.1 Å². The maximum Gasteiger partial charge on any atom is 0.416 e. The maximum absolute atomic E-state index is 12.7. The molecule has 0 aliphatic heterocycles. The zero-order chi connectivity index (χ0) is 20.0. The molecule has 0 aromatic heterocycles. The number of benzene rings is 2. The third-order valence-electron chi connectivity index (χ3n) is 3.42. The highest BCUT2D eigenvalue weighted by Gasteiger charge is 2.30. The fourth-order valence-corrected chi connectivity index (χ4v) is 2.97. The van der Waals surface area contributed by atoms with E-state index in [0.717, 1.165) is 12.1 Å². The number of carbonyl (C=O) groups is 1. The number of carbonyl (C=O) groups excluding carboxylic acids is 1. The highest BCUT2D eigenvalue weighted by Crippen LogP contribution is 2.31. The van der Waals surface area contributed by atoms with E-state index in [-0.39, 0.29) is 22.9 Å². The van der Waals surface area contributed by atoms with Gasteiger partial charge in [-0.2, -0.15) is 13.2 Å². The number of ether oxygens (including phenoxy) is 1. The van der Waals surface area contributed by atoms with Crippen LogP contribution in [0.15, 0.2) is 42.5 Å². The summed E-state index contributed by atoms with van der Waals surface area (Å²) < 4.78 is 42.9. The van der Waals surface area contributed by atoms with Gasteiger partial charge in [-0.1, -0.05) is 12.1 Å². The fourth-order valence-electron chi connectivity index (χ4n) is 2.20. The van der Waals surface area contributed by atoms with Crippen molar-refractivity contribution in [3.8, 4) is 5.75 Å². The van der Waals surface area contributed by atoms with Gasteiger partial charge in [0.05, 0.1) is 23.3 Å². The van der Waals surface area contributed by atoms with Crippen LogP contribution >= 0.6 is 11.8 Å². The average Bonchev–Trinajstić information content (AvgIpc) is 2.61. The molecule has 2 rings (SSSR count). The molecule has 0 atom stereocenters. The lowest BCUT2D eigenvalue weighted by atomic mass is 10.2. The standard InChI is InChI=1S/C17H15F3N2O4S/c1-26-15-6-5-11(7-14(15)22(24)25)9-27-10-16(23)21-13-4-2-3-12(8-13)17(18,19)20/h2-8H,9-10H2,1H3,(H,21,23). The molecule has 2 aromatic rings. The molecule has 0 fully saturated rings. The molecule has 144 valence electrons. The second-order valence-corrected chi connectivity index (χ2v) is 6.37. The van der Waals surface area contributed by atoms with Crippen LogP contribution in [0.4, 0.5) is 24.5 Å². The molecule has 10 heteroatoms. The number of hydrogen-bond acceptors (Lipinski definition) is 5. The number of nitro groups is 1. The molecule has 0 bridgehead atoms. The van der Waals surface area contributed by atoms with E-state index in [2.05, 4.69) is 5.32 Å². The van der Waals surface area contributed by atoms with Crippen LogP contribution in [-0.4, -0.2) is 23.7 Å². The summed E-state index contributed by atoms with van der Waals surface area (Å²) in [5.41, 5.74) is -0.350. The number of thioether (sulfide) groups is 1. The third kappa shape index (κ3) is 5.88. The maximum atomic E-state index is 12.7. The Labute approximate surface area is 156 Å². The van der Waals surface area contributed by atoms with Crippen molar-refractivity contribution in [3.63, 3.8) is 0 Å². The number of anilines is 1. The number of halogens is 3. The number of alkyl halides is 3. The highest BCUT2D eigenvalue weighted by atomic mass is 32.2. The summed E-state index contributed by atoms with van der Waals surface area (Å²) in [7, 11) is 1.33. The van der Waals surface area contributed by atoms with E-state index < -0.39 is 22.6 Å². The van der Waals surface area contributed by atoms with E-state index in [1.807, 2.05) is 0 Å². The first-order valence-corrected chi connectivity index (χ1v) is 8.72. The summed E-state index contributed by atoms with van der Waals surface area (Å²) in [5.74, 6) is -0.0323. The van der Waals surface area contributed by atoms with Crippen molar-refractivity contribution in [2.75, 3.05) is 18.2 Å². The topological polar surface area (TPSA) is 81.5 Å². The van der Waals surface area contributed by atoms with Crippen molar-refractivity contribution < 1.29 is 27.6 Å². The number of methoxy groups -OCH3 is 1. The lowest BCUT2D eigenvalue weighted by Crippen LogP contribution is -2.15. The number of nitro benzene ring substituents is 1. The Morgan fingerprint density at radius 2 is 2.00 bits per heavy atom. The zero-order valence-electron chi connectivity index (χ0n) is 14.1. The van der Waals surface area contributed by atoms with E-state index in [0.29, 0.717) is 11.3 Å². The molecule has 1 N–H and O–H groups in total. The van der Waals surface area contributed by atoms with Gasteiger partial charge >= 0.3 is 11.9 Å². The molecular weight excluding hydrogens is 385 g/mol. The van der Waals surface area contributed by atoms with Crippen LogP contribution in [0.2, 0.25) is 0 Å². The second-order valence-electron chi connectivity index (χ2n) is 5.38. The molecule has 0 spiro atoms. The summed E-state index contributed by atoms with van der Waals surface area (Å²) in [6.45, 7) is 0. The van der Waals surface area contributed by atoms with Crippen LogP contribution in [0.1, 0.15) is 11.1 Å². The smallest absolute Gasteiger partial charge is 0.416 e. The Morgan fingerprint density at radius 1 is 1.26 bits per heavy atom. The minimum Gasteiger partial charge on any atom is -0.490 e. The molecule has 0 aliphatic rings. The molecule has 0 radical (unpaired) electrons. The molecule has 1 amide bonds. The molecule has 2 aromatic carbocycles. The van der Waals surface area contributed by atoms with E-state index in [4.69, 9.17) is 4.74 Å². The predicted molar refractivity (Wildman–Crippen MR) is 95.9 cm³/mol. The Balaban J connectivity index is 1.92. The first kappa shape index (κ1) is 20.6. The van der Waals surface area contributed by atoms with Gasteiger partial charge in [0.15, 0.2) is 5.75 Å². The Hall–Kier alpha value is -2.75. The van der Waals surface area contributed by atoms with Crippen molar-refractivity contribution in [2.24, 2.45) is 0 Å². The monoisotopic (exact) mass is 400 g/mol. The van der Waals surface area contributed by atoms with Crippen LogP contribution in [0.5, 0.6) is 5.75 Å². The minimum absolute atomic E-state index is 0.0178. The first-order valence-electron chi connectivity index (χ1n) is 7.57. The van der Waals surface area contributed by atoms with Crippen LogP contribution in [0.25, 0.3) is 0 Å². The van der Waals surface area contributed by atoms with Crippen molar-refractivity contribution in [1.82, 2.24) is 0 Å². The molecule has 0 unspecified atom stereocenters. The van der Waals surface area contributed by atoms with Gasteiger partial charge in [0.25, 0.3) is 0 Å². The van der Waals surface area contributed by atoms with Gasteiger partial charge in [-0.3, -0.25) is 14.9 Å². The lowest BCUT2D eigenvalue weighted by molar-refractivity contribution is -0.385. The van der Waals surface area contributed by atoms with Crippen molar-refractivity contribution in [1.29, 1.82) is 0 Å². The van der Waals surface area contributed by atoms with Crippen LogP contribution in [-0.2, 0) is 16.7 Å². The van der Waals surface area contributed by atoms with Gasteiger partial charge in [0, 0.05) is 17.5 Å². The fraction of sp³-hybridized carbons (Fsp3) is 0.235. The Morgan fingerprint density at radius 3 is 2.63 bits per heavy atom. The number of hydrogen-bond donors (Lipinski definition) is 1. The molecular formula is C17H15F3N2O4S. The summed E-state index contributed by atoms with van der Waals surface area (Å²) in [6.07, 6.45) is -4.49. The number of rotatable bonds is 7. The largest absolute Gasteiger partial charge is 0.490 e. The first-order chi connectivity index (χ1) is 12.7. The van der Waals surface area contributed by atoms with Gasteiger partial charge in [0.2, 0.25) is 5.91 Å². The van der Waals surface area contributed by atoms with Gasteiger partial charge in [-0.15, -0.1) is 11.8 Å². The number of amides is 1. The Bertz CT molecular complexity index is 843. The second kappa shape index (κ2) is 8.76. The summed E-state index contributed by atoms with van der Waals surface area (Å²) in [4.78, 5) is 22.3. The normalized spacial score (nSPS) is 11.1. The zero-order valence-corrected chi connectivity index (χ0v) is 14.9. The minimum atomic E-state index is -4.49. The SMILES string of the molecule is COc1ccc(CSCC(=O)Nc2cccc(C(F)(F)F)c2)cc1[N+](=O)[O-]. The van der Waals surface area contributed by atoms with Crippen molar-refractivity contribution in [2.45, 2.75) is 11.9 Å². The van der Waals surface area contributed by atoms with E-state index in [1.165, 1.54) is 43.1 Å². The van der Waals surface area contributed by atoms with Crippen molar-refractivity contribution in [3.05, 3.63) is 63.7 Å². The van der Waals surface area contributed by atoms with Crippen molar-refractivity contribution >= 4 is 29.0 Å². The van der Waals surface area contributed by atoms with Gasteiger partial charge in [0.1, 0.15) is 0 Å². The molecule has 0 saturated heterocycles. The summed E-state index contributed by atoms with van der Waals surface area (Å²) in [5, 5.41) is 13.4. The average molecular weight is 400 g/mol. The van der Waals surface area contributed by atoms with E-state index in [1.54, 1.807) is 6.07 Å². The highest BCUT2D eigenvalue weighted by molar-refractivity contribution is 7.99. The molecule has 0 saturated carbocycles. The molecule has 0 aliphatic carbocycles. The summed E-state index contributed by atoms with van der Waals surface area (Å²) >= 11 is 1.18. The van der Waals surface area contributed by atoms with Gasteiger partial charge < -0.3 is 10.1 Å². The van der Waals surface area contributed by atoms with Crippen LogP contribution < -0.4 is 10.1 Å². The van der Waals surface area contributed by atoms with Gasteiger partial charge in [-0.05, 0) is 29.8 Å².